The maximum atomic E-state index is 11.6. The van der Waals surface area contributed by atoms with Crippen LogP contribution in [0, 0.1) is 0 Å². The number of hydrogen-bond donors (Lipinski definition) is 1. The van der Waals surface area contributed by atoms with E-state index in [4.69, 9.17) is 4.74 Å². The minimum absolute atomic E-state index is 0.165. The molecule has 1 aliphatic heterocycles. The molecule has 1 saturated heterocycles. The minimum atomic E-state index is -2.90. The molecule has 2 rings (SSSR count). The molecule has 0 aromatic carbocycles. The van der Waals surface area contributed by atoms with Crippen LogP contribution in [0.15, 0.2) is 0 Å². The van der Waals surface area contributed by atoms with E-state index in [1.807, 2.05) is 0 Å². The van der Waals surface area contributed by atoms with Crippen LogP contribution in [0.4, 0.5) is 0 Å². The molecular weight excluding hydrogens is 226 g/mol. The second kappa shape index (κ2) is 5.02. The lowest BCUT2D eigenvalue weighted by atomic mass is 10.1. The minimum Gasteiger partial charge on any atom is -0.381 e. The molecular formula is C11H21NO3S. The molecule has 2 aliphatic rings. The van der Waals surface area contributed by atoms with Crippen LogP contribution in [0.25, 0.3) is 0 Å². The fourth-order valence-electron chi connectivity index (χ4n) is 2.80. The lowest BCUT2D eigenvalue weighted by Gasteiger charge is -2.29. The molecule has 1 N–H and O–H groups in total. The largest absolute Gasteiger partial charge is 0.381 e. The number of ether oxygens (including phenoxy) is 1. The summed E-state index contributed by atoms with van der Waals surface area (Å²) >= 11 is 0. The molecule has 0 bridgehead atoms. The molecule has 0 spiro atoms. The average Bonchev–Trinajstić information content (AvgIpc) is 2.67. The van der Waals surface area contributed by atoms with E-state index in [2.05, 4.69) is 5.32 Å². The van der Waals surface area contributed by atoms with Crippen LogP contribution >= 0.6 is 0 Å². The third-order valence-electron chi connectivity index (χ3n) is 3.67. The summed E-state index contributed by atoms with van der Waals surface area (Å²) in [4.78, 5) is 0. The first-order valence-electron chi connectivity index (χ1n) is 6.10. The second-order valence-corrected chi connectivity index (χ2v) is 7.22. The van der Waals surface area contributed by atoms with E-state index in [9.17, 15) is 8.42 Å². The Bertz CT molecular complexity index is 322. The van der Waals surface area contributed by atoms with Crippen LogP contribution in [0.3, 0.4) is 0 Å². The highest BCUT2D eigenvalue weighted by molar-refractivity contribution is 7.91. The van der Waals surface area contributed by atoms with Crippen LogP contribution in [0.5, 0.6) is 0 Å². The van der Waals surface area contributed by atoms with Crippen LogP contribution in [0.1, 0.15) is 32.1 Å². The summed E-state index contributed by atoms with van der Waals surface area (Å²) in [6.45, 7) is 1.60. The predicted octanol–water partition coefficient (Wildman–Crippen LogP) is 0.721. The average molecular weight is 247 g/mol. The summed E-state index contributed by atoms with van der Waals surface area (Å²) in [5, 5.41) is 3.34. The van der Waals surface area contributed by atoms with E-state index < -0.39 is 9.84 Å². The maximum absolute atomic E-state index is 11.6. The zero-order valence-electron chi connectivity index (χ0n) is 9.81. The third-order valence-corrected chi connectivity index (χ3v) is 5.34. The van der Waals surface area contributed by atoms with Gasteiger partial charge in [0.2, 0.25) is 0 Å². The van der Waals surface area contributed by atoms with E-state index >= 15 is 0 Å². The molecule has 1 saturated carbocycles. The zero-order chi connectivity index (χ0) is 11.6. The van der Waals surface area contributed by atoms with E-state index in [-0.39, 0.29) is 11.3 Å². The molecule has 0 aromatic rings. The molecule has 94 valence electrons. The van der Waals surface area contributed by atoms with Crippen LogP contribution in [-0.2, 0) is 14.6 Å². The summed E-state index contributed by atoms with van der Waals surface area (Å²) in [6.07, 6.45) is 6.22. The van der Waals surface area contributed by atoms with Crippen molar-refractivity contribution in [3.63, 3.8) is 0 Å². The standard InChI is InChI=1S/C11H21NO3S/c1-16(13,14)11-4-2-3-10(11)12-9-5-7-15-8-6-9/h9-12H,2-8H2,1H3. The van der Waals surface area contributed by atoms with Crippen molar-refractivity contribution >= 4 is 9.84 Å². The Morgan fingerprint density at radius 2 is 1.81 bits per heavy atom. The lowest BCUT2D eigenvalue weighted by Crippen LogP contribution is -2.47. The molecule has 2 fully saturated rings. The lowest BCUT2D eigenvalue weighted by molar-refractivity contribution is 0.0752. The molecule has 5 heteroatoms. The first-order chi connectivity index (χ1) is 7.57. The van der Waals surface area contributed by atoms with Gasteiger partial charge in [0.1, 0.15) is 0 Å². The van der Waals surface area contributed by atoms with Gasteiger partial charge in [0.25, 0.3) is 0 Å². The molecule has 2 atom stereocenters. The van der Waals surface area contributed by atoms with Gasteiger partial charge in [-0.3, -0.25) is 0 Å². The summed E-state index contributed by atoms with van der Waals surface area (Å²) in [7, 11) is -2.90. The van der Waals surface area contributed by atoms with Gasteiger partial charge in [-0.1, -0.05) is 6.42 Å². The molecule has 0 aromatic heterocycles. The van der Waals surface area contributed by atoms with Crippen molar-refractivity contribution in [1.82, 2.24) is 5.32 Å². The van der Waals surface area contributed by atoms with Crippen molar-refractivity contribution in [3.8, 4) is 0 Å². The summed E-state index contributed by atoms with van der Waals surface area (Å²) in [5.41, 5.74) is 0. The van der Waals surface area contributed by atoms with Gasteiger partial charge in [0.05, 0.1) is 5.25 Å². The summed E-state index contributed by atoms with van der Waals surface area (Å²) < 4.78 is 28.5. The van der Waals surface area contributed by atoms with Gasteiger partial charge in [-0.05, 0) is 25.7 Å². The summed E-state index contributed by atoms with van der Waals surface area (Å²) in [6, 6.07) is 0.610. The number of nitrogens with one attached hydrogen (secondary N) is 1. The SMILES string of the molecule is CS(=O)(=O)C1CCCC1NC1CCOCC1. The van der Waals surface area contributed by atoms with Gasteiger partial charge in [-0.2, -0.15) is 0 Å². The number of rotatable bonds is 3. The molecule has 2 unspecified atom stereocenters. The smallest absolute Gasteiger partial charge is 0.151 e. The van der Waals surface area contributed by atoms with Gasteiger partial charge in [0, 0.05) is 31.6 Å². The van der Waals surface area contributed by atoms with E-state index in [1.165, 1.54) is 6.26 Å². The number of sulfone groups is 1. The highest BCUT2D eigenvalue weighted by atomic mass is 32.2. The second-order valence-electron chi connectivity index (χ2n) is 4.96. The Morgan fingerprint density at radius 3 is 2.44 bits per heavy atom. The molecule has 1 aliphatic carbocycles. The van der Waals surface area contributed by atoms with E-state index in [1.54, 1.807) is 0 Å². The molecule has 0 amide bonds. The Kier molecular flexibility index (Phi) is 3.87. The summed E-state index contributed by atoms with van der Waals surface area (Å²) in [5.74, 6) is 0. The van der Waals surface area contributed by atoms with Crippen molar-refractivity contribution in [1.29, 1.82) is 0 Å². The Hall–Kier alpha value is -0.130. The monoisotopic (exact) mass is 247 g/mol. The normalized spacial score (nSPS) is 33.1. The third kappa shape index (κ3) is 2.96. The first-order valence-corrected chi connectivity index (χ1v) is 8.05. The predicted molar refractivity (Wildman–Crippen MR) is 63.2 cm³/mol. The van der Waals surface area contributed by atoms with Crippen molar-refractivity contribution in [3.05, 3.63) is 0 Å². The Balaban J connectivity index is 1.93. The van der Waals surface area contributed by atoms with Crippen molar-refractivity contribution in [2.24, 2.45) is 0 Å². The maximum Gasteiger partial charge on any atom is 0.151 e. The topological polar surface area (TPSA) is 55.4 Å². The van der Waals surface area contributed by atoms with Gasteiger partial charge in [-0.15, -0.1) is 0 Å². The van der Waals surface area contributed by atoms with Gasteiger partial charge < -0.3 is 10.1 Å². The molecule has 1 heterocycles. The fraction of sp³-hybridized carbons (Fsp3) is 1.00. The zero-order valence-corrected chi connectivity index (χ0v) is 10.6. The molecule has 16 heavy (non-hydrogen) atoms. The van der Waals surface area contributed by atoms with Gasteiger partial charge in [-0.25, -0.2) is 8.42 Å². The van der Waals surface area contributed by atoms with Crippen LogP contribution < -0.4 is 5.32 Å². The quantitative estimate of drug-likeness (QED) is 0.798. The Labute approximate surface area is 97.7 Å². The fourth-order valence-corrected chi connectivity index (χ4v) is 4.20. The van der Waals surface area contributed by atoms with Crippen molar-refractivity contribution in [2.45, 2.75) is 49.4 Å². The van der Waals surface area contributed by atoms with Crippen molar-refractivity contribution < 1.29 is 13.2 Å². The van der Waals surface area contributed by atoms with E-state index in [0.717, 1.165) is 45.3 Å². The molecule has 4 nitrogen and oxygen atoms in total. The first kappa shape index (κ1) is 12.3. The van der Waals surface area contributed by atoms with Crippen LogP contribution in [-0.4, -0.2) is 45.2 Å². The Morgan fingerprint density at radius 1 is 1.12 bits per heavy atom. The van der Waals surface area contributed by atoms with E-state index in [0.29, 0.717) is 6.04 Å². The molecule has 0 radical (unpaired) electrons. The highest BCUT2D eigenvalue weighted by Gasteiger charge is 2.35. The van der Waals surface area contributed by atoms with Gasteiger partial charge in [0.15, 0.2) is 9.84 Å². The number of hydrogen-bond acceptors (Lipinski definition) is 4. The van der Waals surface area contributed by atoms with Crippen LogP contribution in [0.2, 0.25) is 0 Å². The highest BCUT2D eigenvalue weighted by Crippen LogP contribution is 2.26. The van der Waals surface area contributed by atoms with Gasteiger partial charge >= 0.3 is 0 Å². The van der Waals surface area contributed by atoms with Crippen molar-refractivity contribution in [2.75, 3.05) is 19.5 Å².